The maximum Gasteiger partial charge on any atom is 0.368 e. The summed E-state index contributed by atoms with van der Waals surface area (Å²) in [5.41, 5.74) is 0.262. The molecule has 0 unspecified atom stereocenters. The quantitative estimate of drug-likeness (QED) is 0.487. The average Bonchev–Trinajstić information content (AvgIpc) is 2.05. The van der Waals surface area contributed by atoms with Gasteiger partial charge in [-0.1, -0.05) is 6.07 Å². The third-order valence-corrected chi connectivity index (χ3v) is 1.12. The van der Waals surface area contributed by atoms with Crippen LogP contribution >= 0.6 is 12.9 Å². The van der Waals surface area contributed by atoms with E-state index < -0.39 is 5.97 Å². The van der Waals surface area contributed by atoms with Gasteiger partial charge in [0.1, 0.15) is 5.69 Å². The van der Waals surface area contributed by atoms with Crippen molar-refractivity contribution in [3.05, 3.63) is 30.1 Å². The van der Waals surface area contributed by atoms with Crippen molar-refractivity contribution in [2.75, 3.05) is 0 Å². The van der Waals surface area contributed by atoms with Crippen molar-refractivity contribution in [1.29, 1.82) is 0 Å². The molecule has 0 saturated carbocycles. The van der Waals surface area contributed by atoms with Gasteiger partial charge in [0.05, 0.1) is 0 Å². The molecule has 1 rings (SSSR count). The minimum absolute atomic E-state index is 0.262. The Kier molecular flexibility index (Phi) is 2.28. The third kappa shape index (κ3) is 1.48. The van der Waals surface area contributed by atoms with Gasteiger partial charge in [0.2, 0.25) is 0 Å². The molecular weight excluding hydrogens is 150 g/mol. The molecule has 52 valence electrons. The molecule has 1 heterocycles. The smallest absolute Gasteiger partial charge is 0.368 e. The maximum absolute atomic E-state index is 10.7. The summed E-state index contributed by atoms with van der Waals surface area (Å²) in [4.78, 5) is 14.4. The Labute approximate surface area is 63.7 Å². The molecule has 0 aliphatic carbocycles. The van der Waals surface area contributed by atoms with Crippen LogP contribution in [0.5, 0.6) is 0 Å². The van der Waals surface area contributed by atoms with E-state index in [0.717, 1.165) is 0 Å². The topological polar surface area (TPSA) is 39.2 Å². The van der Waals surface area contributed by atoms with Crippen LogP contribution in [0.2, 0.25) is 0 Å². The van der Waals surface area contributed by atoms with Gasteiger partial charge in [0.15, 0.2) is 0 Å². The minimum Gasteiger partial charge on any atom is -0.390 e. The van der Waals surface area contributed by atoms with Crippen LogP contribution in [0.15, 0.2) is 24.4 Å². The molecule has 4 heteroatoms. The van der Waals surface area contributed by atoms with Crippen molar-refractivity contribution in [1.82, 2.24) is 4.98 Å². The SMILES string of the molecule is O=C(OS)c1ccccn1. The highest BCUT2D eigenvalue weighted by Crippen LogP contribution is 1.96. The summed E-state index contributed by atoms with van der Waals surface area (Å²) in [7, 11) is 0. The first-order chi connectivity index (χ1) is 4.84. The zero-order valence-corrected chi connectivity index (χ0v) is 5.91. The lowest BCUT2D eigenvalue weighted by atomic mass is 10.4. The van der Waals surface area contributed by atoms with Crippen molar-refractivity contribution in [2.24, 2.45) is 0 Å². The summed E-state index contributed by atoms with van der Waals surface area (Å²) in [6.45, 7) is 0. The monoisotopic (exact) mass is 155 g/mol. The van der Waals surface area contributed by atoms with E-state index in [1.807, 2.05) is 0 Å². The summed E-state index contributed by atoms with van der Waals surface area (Å²) in [6, 6.07) is 4.97. The average molecular weight is 155 g/mol. The number of hydrogen-bond donors (Lipinski definition) is 1. The number of nitrogens with zero attached hydrogens (tertiary/aromatic N) is 1. The van der Waals surface area contributed by atoms with Crippen LogP contribution in [-0.2, 0) is 4.18 Å². The molecule has 0 spiro atoms. The zero-order chi connectivity index (χ0) is 7.40. The first-order valence-electron chi connectivity index (χ1n) is 2.61. The Morgan fingerprint density at radius 2 is 2.40 bits per heavy atom. The lowest BCUT2D eigenvalue weighted by molar-refractivity contribution is 0.0766. The third-order valence-electron chi connectivity index (χ3n) is 0.957. The number of aromatic nitrogens is 1. The normalized spacial score (nSPS) is 8.90. The summed E-state index contributed by atoms with van der Waals surface area (Å²) < 4.78 is 4.13. The van der Waals surface area contributed by atoms with Gasteiger partial charge in [0, 0.05) is 19.1 Å². The van der Waals surface area contributed by atoms with Crippen LogP contribution in [0.25, 0.3) is 0 Å². The molecule has 10 heavy (non-hydrogen) atoms. The second-order valence-corrected chi connectivity index (χ2v) is 1.78. The van der Waals surface area contributed by atoms with Gasteiger partial charge < -0.3 is 4.18 Å². The predicted octanol–water partition coefficient (Wildman–Crippen LogP) is 1.08. The number of thiol groups is 1. The van der Waals surface area contributed by atoms with Crippen LogP contribution in [-0.4, -0.2) is 11.0 Å². The Morgan fingerprint density at radius 1 is 1.60 bits per heavy atom. The molecule has 0 atom stereocenters. The van der Waals surface area contributed by atoms with Gasteiger partial charge in [-0.15, -0.1) is 0 Å². The summed E-state index contributed by atoms with van der Waals surface area (Å²) >= 11 is 3.34. The molecule has 0 saturated heterocycles. The first kappa shape index (κ1) is 7.08. The van der Waals surface area contributed by atoms with Crippen molar-refractivity contribution in [2.45, 2.75) is 0 Å². The number of hydrogen-bond acceptors (Lipinski definition) is 4. The van der Waals surface area contributed by atoms with Gasteiger partial charge in [-0.3, -0.25) is 0 Å². The molecule has 1 aromatic rings. The van der Waals surface area contributed by atoms with E-state index in [9.17, 15) is 4.79 Å². The van der Waals surface area contributed by atoms with Crippen LogP contribution in [0.1, 0.15) is 10.5 Å². The molecule has 1 aromatic heterocycles. The minimum atomic E-state index is -0.538. The van der Waals surface area contributed by atoms with Crippen LogP contribution in [0.3, 0.4) is 0 Å². The molecule has 0 bridgehead atoms. The fraction of sp³-hybridized carbons (Fsp3) is 0. The predicted molar refractivity (Wildman–Crippen MR) is 38.6 cm³/mol. The van der Waals surface area contributed by atoms with Gasteiger partial charge in [0.25, 0.3) is 0 Å². The number of rotatable bonds is 1. The van der Waals surface area contributed by atoms with E-state index >= 15 is 0 Å². The number of carbonyl (C=O) groups excluding carboxylic acids is 1. The fourth-order valence-corrected chi connectivity index (χ4v) is 0.624. The highest BCUT2D eigenvalue weighted by atomic mass is 32.1. The van der Waals surface area contributed by atoms with E-state index in [4.69, 9.17) is 0 Å². The first-order valence-corrected chi connectivity index (χ1v) is 2.98. The summed E-state index contributed by atoms with van der Waals surface area (Å²) in [5, 5.41) is 0. The second-order valence-electron chi connectivity index (χ2n) is 1.59. The zero-order valence-electron chi connectivity index (χ0n) is 5.02. The Morgan fingerprint density at radius 3 is 2.90 bits per heavy atom. The molecule has 0 amide bonds. The Balaban J connectivity index is 2.85. The van der Waals surface area contributed by atoms with Crippen molar-refractivity contribution in [3.8, 4) is 0 Å². The molecule has 0 N–H and O–H groups in total. The van der Waals surface area contributed by atoms with Crippen LogP contribution < -0.4 is 0 Å². The largest absolute Gasteiger partial charge is 0.390 e. The van der Waals surface area contributed by atoms with Gasteiger partial charge in [-0.25, -0.2) is 9.78 Å². The van der Waals surface area contributed by atoms with E-state index in [0.29, 0.717) is 0 Å². The van der Waals surface area contributed by atoms with Crippen molar-refractivity contribution < 1.29 is 8.98 Å². The molecule has 0 radical (unpaired) electrons. The molecular formula is C6H5NO2S. The summed E-state index contributed by atoms with van der Waals surface area (Å²) in [6.07, 6.45) is 1.51. The Hall–Kier alpha value is -1.03. The fourth-order valence-electron chi connectivity index (χ4n) is 0.530. The van der Waals surface area contributed by atoms with Crippen LogP contribution in [0, 0.1) is 0 Å². The van der Waals surface area contributed by atoms with E-state index in [2.05, 4.69) is 22.1 Å². The van der Waals surface area contributed by atoms with Gasteiger partial charge in [-0.05, 0) is 12.1 Å². The highest BCUT2D eigenvalue weighted by Gasteiger charge is 2.03. The molecule has 0 aliphatic heterocycles. The van der Waals surface area contributed by atoms with E-state index in [-0.39, 0.29) is 5.69 Å². The van der Waals surface area contributed by atoms with E-state index in [1.165, 1.54) is 6.20 Å². The van der Waals surface area contributed by atoms with Crippen LogP contribution in [0.4, 0.5) is 0 Å². The molecule has 0 aliphatic rings. The van der Waals surface area contributed by atoms with Crippen molar-refractivity contribution >= 4 is 18.9 Å². The molecule has 0 fully saturated rings. The van der Waals surface area contributed by atoms with Crippen molar-refractivity contribution in [3.63, 3.8) is 0 Å². The standard InChI is InChI=1S/C6H5NO2S/c8-6(9-10)5-3-1-2-4-7-5/h1-4,10H. The maximum atomic E-state index is 10.7. The number of pyridine rings is 1. The highest BCUT2D eigenvalue weighted by molar-refractivity contribution is 7.75. The lowest BCUT2D eigenvalue weighted by Crippen LogP contribution is -1.99. The Bertz CT molecular complexity index is 224. The second kappa shape index (κ2) is 3.22. The number of carbonyl (C=O) groups is 1. The van der Waals surface area contributed by atoms with Gasteiger partial charge >= 0.3 is 5.97 Å². The summed E-state index contributed by atoms with van der Waals surface area (Å²) in [5.74, 6) is -0.538. The lowest BCUT2D eigenvalue weighted by Gasteiger charge is -1.92. The van der Waals surface area contributed by atoms with E-state index in [1.54, 1.807) is 18.2 Å². The molecule has 3 nitrogen and oxygen atoms in total. The van der Waals surface area contributed by atoms with Gasteiger partial charge in [-0.2, -0.15) is 0 Å². The molecule has 0 aromatic carbocycles.